The van der Waals surface area contributed by atoms with Crippen molar-refractivity contribution in [2.45, 2.75) is 19.0 Å². The van der Waals surface area contributed by atoms with Gasteiger partial charge in [0.05, 0.1) is 30.3 Å². The van der Waals surface area contributed by atoms with Crippen LogP contribution in [0.3, 0.4) is 0 Å². The number of benzene rings is 1. The molecule has 0 atom stereocenters. The van der Waals surface area contributed by atoms with E-state index in [2.05, 4.69) is 38.5 Å². The molecule has 4 rings (SSSR count). The lowest BCUT2D eigenvalue weighted by Crippen LogP contribution is -2.38. The third-order valence-corrected chi connectivity index (χ3v) is 5.80. The van der Waals surface area contributed by atoms with Gasteiger partial charge in [0.1, 0.15) is 5.82 Å². The molecule has 30 heavy (non-hydrogen) atoms. The molecule has 0 unspecified atom stereocenters. The largest absolute Gasteiger partial charge is 0.378 e. The van der Waals surface area contributed by atoms with Crippen molar-refractivity contribution in [3.8, 4) is 5.69 Å². The number of nitrogens with one attached hydrogen (secondary N) is 1. The Morgan fingerprint density at radius 2 is 1.97 bits per heavy atom. The van der Waals surface area contributed by atoms with Crippen molar-refractivity contribution in [2.75, 3.05) is 42.3 Å². The summed E-state index contributed by atoms with van der Waals surface area (Å²) in [6.45, 7) is 6.79. The van der Waals surface area contributed by atoms with Crippen LogP contribution in [0.4, 0.5) is 11.8 Å². The quantitative estimate of drug-likeness (QED) is 0.603. The van der Waals surface area contributed by atoms with Crippen molar-refractivity contribution in [1.82, 2.24) is 24.5 Å². The smallest absolute Gasteiger partial charge is 0.235 e. The Morgan fingerprint density at radius 1 is 1.20 bits per heavy atom. The second-order valence-corrected chi connectivity index (χ2v) is 8.08. The highest BCUT2D eigenvalue weighted by Gasteiger charge is 2.23. The van der Waals surface area contributed by atoms with Gasteiger partial charge in [0.25, 0.3) is 0 Å². The number of ether oxygens (including phenoxy) is 1. The Kier molecular flexibility index (Phi) is 6.05. The molecule has 3 heterocycles. The fourth-order valence-corrected chi connectivity index (χ4v) is 4.13. The number of thioether (sulfide) groups is 1. The van der Waals surface area contributed by atoms with E-state index >= 15 is 0 Å². The van der Waals surface area contributed by atoms with E-state index in [-0.39, 0.29) is 11.7 Å². The van der Waals surface area contributed by atoms with Crippen molar-refractivity contribution in [1.29, 1.82) is 0 Å². The maximum Gasteiger partial charge on any atom is 0.235 e. The molecule has 3 aromatic rings. The highest BCUT2D eigenvalue weighted by atomic mass is 32.2. The Morgan fingerprint density at radius 3 is 2.67 bits per heavy atom. The number of rotatable bonds is 6. The van der Waals surface area contributed by atoms with Crippen LogP contribution in [-0.2, 0) is 16.6 Å². The number of amides is 1. The molecule has 1 aliphatic rings. The second kappa shape index (κ2) is 8.88. The number of hydrogen-bond acceptors (Lipinski definition) is 7. The van der Waals surface area contributed by atoms with E-state index in [1.165, 1.54) is 11.8 Å². The molecule has 1 N–H and O–H groups in total. The summed E-state index contributed by atoms with van der Waals surface area (Å²) in [7, 11) is 1.80. The normalized spacial score (nSPS) is 14.2. The van der Waals surface area contributed by atoms with Crippen LogP contribution >= 0.6 is 11.8 Å². The molecule has 1 aliphatic heterocycles. The van der Waals surface area contributed by atoms with Crippen molar-refractivity contribution in [2.24, 2.45) is 7.05 Å². The molecule has 0 saturated carbocycles. The summed E-state index contributed by atoms with van der Waals surface area (Å²) in [4.78, 5) is 14.7. The minimum absolute atomic E-state index is 0.116. The molecule has 1 saturated heterocycles. The number of hydrogen-bond donors (Lipinski definition) is 1. The van der Waals surface area contributed by atoms with Gasteiger partial charge in [-0.1, -0.05) is 30.0 Å². The molecule has 10 heteroatoms. The lowest BCUT2D eigenvalue weighted by atomic mass is 10.2. The van der Waals surface area contributed by atoms with E-state index in [9.17, 15) is 4.79 Å². The predicted molar refractivity (Wildman–Crippen MR) is 116 cm³/mol. The van der Waals surface area contributed by atoms with Crippen LogP contribution in [0.2, 0.25) is 0 Å². The van der Waals surface area contributed by atoms with Gasteiger partial charge in [-0.15, -0.1) is 10.2 Å². The Hall–Kier alpha value is -2.85. The molecule has 1 aromatic carbocycles. The van der Waals surface area contributed by atoms with Gasteiger partial charge in [0, 0.05) is 26.2 Å². The predicted octanol–water partition coefficient (Wildman–Crippen LogP) is 2.19. The zero-order chi connectivity index (χ0) is 21.1. The van der Waals surface area contributed by atoms with Crippen LogP contribution < -0.4 is 10.2 Å². The van der Waals surface area contributed by atoms with E-state index in [0.717, 1.165) is 36.0 Å². The first-order chi connectivity index (χ1) is 14.5. The van der Waals surface area contributed by atoms with Crippen molar-refractivity contribution >= 4 is 29.4 Å². The topological polar surface area (TPSA) is 90.1 Å². The summed E-state index contributed by atoms with van der Waals surface area (Å²) >= 11 is 1.37. The SMILES string of the molecule is Cc1cc(NC(=O)CSc2nnc(N3CCOCC3)n2-c2ccccc2C)n(C)n1. The number of anilines is 2. The molecule has 1 fully saturated rings. The van der Waals surface area contributed by atoms with Gasteiger partial charge >= 0.3 is 0 Å². The van der Waals surface area contributed by atoms with Gasteiger partial charge in [-0.2, -0.15) is 5.10 Å². The zero-order valence-electron chi connectivity index (χ0n) is 17.3. The van der Waals surface area contributed by atoms with Crippen LogP contribution in [0.15, 0.2) is 35.5 Å². The molecule has 0 spiro atoms. The number of morpholine rings is 1. The molecular formula is C20H25N7O2S. The average Bonchev–Trinajstić information content (AvgIpc) is 3.30. The van der Waals surface area contributed by atoms with Gasteiger partial charge < -0.3 is 15.0 Å². The first kappa shape index (κ1) is 20.4. The third-order valence-electron chi connectivity index (χ3n) is 4.87. The van der Waals surface area contributed by atoms with Crippen LogP contribution in [-0.4, -0.2) is 62.5 Å². The Bertz CT molecular complexity index is 1040. The molecule has 0 bridgehead atoms. The van der Waals surface area contributed by atoms with Gasteiger partial charge in [0.15, 0.2) is 5.16 Å². The number of carbonyl (C=O) groups excluding carboxylic acids is 1. The zero-order valence-corrected chi connectivity index (χ0v) is 18.1. The lowest BCUT2D eigenvalue weighted by molar-refractivity contribution is -0.113. The molecule has 2 aromatic heterocycles. The number of para-hydroxylation sites is 1. The van der Waals surface area contributed by atoms with Crippen LogP contribution in [0.5, 0.6) is 0 Å². The molecule has 1 amide bonds. The van der Waals surface area contributed by atoms with Crippen molar-refractivity contribution < 1.29 is 9.53 Å². The first-order valence-corrected chi connectivity index (χ1v) is 10.8. The molecule has 158 valence electrons. The Labute approximate surface area is 179 Å². The number of carbonyl (C=O) groups is 1. The highest BCUT2D eigenvalue weighted by molar-refractivity contribution is 7.99. The van der Waals surface area contributed by atoms with Crippen LogP contribution in [0, 0.1) is 13.8 Å². The molecule has 0 radical (unpaired) electrons. The molecular weight excluding hydrogens is 402 g/mol. The maximum absolute atomic E-state index is 12.5. The first-order valence-electron chi connectivity index (χ1n) is 9.80. The summed E-state index contributed by atoms with van der Waals surface area (Å²) < 4.78 is 9.17. The van der Waals surface area contributed by atoms with Crippen molar-refractivity contribution in [3.63, 3.8) is 0 Å². The summed E-state index contributed by atoms with van der Waals surface area (Å²) in [5.41, 5.74) is 2.98. The summed E-state index contributed by atoms with van der Waals surface area (Å²) in [5, 5.41) is 16.7. The van der Waals surface area contributed by atoms with E-state index < -0.39 is 0 Å². The van der Waals surface area contributed by atoms with Gasteiger partial charge in [-0.05, 0) is 25.5 Å². The molecule has 9 nitrogen and oxygen atoms in total. The monoisotopic (exact) mass is 427 g/mol. The summed E-state index contributed by atoms with van der Waals surface area (Å²) in [6, 6.07) is 9.95. The maximum atomic E-state index is 12.5. The van der Waals surface area contributed by atoms with Gasteiger partial charge in [-0.3, -0.25) is 14.0 Å². The number of aromatic nitrogens is 5. The Balaban J connectivity index is 1.56. The van der Waals surface area contributed by atoms with Crippen LogP contribution in [0.25, 0.3) is 5.69 Å². The van der Waals surface area contributed by atoms with E-state index in [0.29, 0.717) is 24.2 Å². The second-order valence-electron chi connectivity index (χ2n) is 7.14. The highest BCUT2D eigenvalue weighted by Crippen LogP contribution is 2.29. The number of nitrogens with zero attached hydrogens (tertiary/aromatic N) is 6. The van der Waals surface area contributed by atoms with Gasteiger partial charge in [-0.25, -0.2) is 0 Å². The minimum Gasteiger partial charge on any atom is -0.378 e. The van der Waals surface area contributed by atoms with Crippen LogP contribution in [0.1, 0.15) is 11.3 Å². The minimum atomic E-state index is -0.116. The van der Waals surface area contributed by atoms with E-state index in [4.69, 9.17) is 4.74 Å². The fraction of sp³-hybridized carbons (Fsp3) is 0.400. The van der Waals surface area contributed by atoms with E-state index in [1.807, 2.05) is 35.8 Å². The third kappa shape index (κ3) is 4.34. The fourth-order valence-electron chi connectivity index (χ4n) is 3.39. The van der Waals surface area contributed by atoms with Gasteiger partial charge in [0.2, 0.25) is 11.9 Å². The van der Waals surface area contributed by atoms with E-state index in [1.54, 1.807) is 11.7 Å². The number of aryl methyl sites for hydroxylation is 3. The van der Waals surface area contributed by atoms with Crippen molar-refractivity contribution in [3.05, 3.63) is 41.6 Å². The average molecular weight is 428 g/mol. The summed E-state index contributed by atoms with van der Waals surface area (Å²) in [5.74, 6) is 1.55. The molecule has 0 aliphatic carbocycles. The summed E-state index contributed by atoms with van der Waals surface area (Å²) in [6.07, 6.45) is 0. The lowest BCUT2D eigenvalue weighted by Gasteiger charge is -2.28. The standard InChI is InChI=1S/C20H25N7O2S/c1-14-6-4-5-7-16(14)27-19(26-8-10-29-11-9-26)22-23-20(27)30-13-18(28)21-17-12-15(2)24-25(17)3/h4-7,12H,8-11,13H2,1-3H3,(H,21,28).